The molecule has 1 aliphatic rings. The van der Waals surface area contributed by atoms with Crippen molar-refractivity contribution in [2.75, 3.05) is 13.2 Å². The molecule has 0 saturated carbocycles. The van der Waals surface area contributed by atoms with Gasteiger partial charge in [0.1, 0.15) is 18.4 Å². The molecule has 0 radical (unpaired) electrons. The van der Waals surface area contributed by atoms with Crippen molar-refractivity contribution in [1.29, 1.82) is 0 Å². The highest BCUT2D eigenvalue weighted by molar-refractivity contribution is 5.38. The van der Waals surface area contributed by atoms with Gasteiger partial charge < -0.3 is 10.1 Å². The Morgan fingerprint density at radius 3 is 2.80 bits per heavy atom. The zero-order valence-corrected chi connectivity index (χ0v) is 14.1. The molecule has 128 valence electrons. The molecule has 0 amide bonds. The Morgan fingerprint density at radius 2 is 1.92 bits per heavy atom. The molecule has 0 fully saturated rings. The van der Waals surface area contributed by atoms with E-state index in [2.05, 4.69) is 57.9 Å². The molecule has 3 aromatic rings. The molecule has 0 aliphatic carbocycles. The van der Waals surface area contributed by atoms with E-state index in [0.717, 1.165) is 38.4 Å². The zero-order valence-electron chi connectivity index (χ0n) is 14.1. The fourth-order valence-electron chi connectivity index (χ4n) is 3.38. The van der Waals surface area contributed by atoms with Crippen LogP contribution in [0.25, 0.3) is 0 Å². The van der Waals surface area contributed by atoms with Crippen LogP contribution >= 0.6 is 0 Å². The van der Waals surface area contributed by atoms with E-state index in [1.165, 1.54) is 16.7 Å². The highest BCUT2D eigenvalue weighted by Gasteiger charge is 2.20. The molecule has 2 aromatic carbocycles. The van der Waals surface area contributed by atoms with Crippen molar-refractivity contribution in [2.24, 2.45) is 0 Å². The maximum atomic E-state index is 5.75. The Hall–Kier alpha value is -2.66. The van der Waals surface area contributed by atoms with E-state index in [4.69, 9.17) is 4.74 Å². The van der Waals surface area contributed by atoms with Gasteiger partial charge in [-0.2, -0.15) is 5.10 Å². The van der Waals surface area contributed by atoms with Crippen LogP contribution in [-0.2, 0) is 13.1 Å². The number of aromatic nitrogens is 3. The van der Waals surface area contributed by atoms with Gasteiger partial charge in [0, 0.05) is 19.0 Å². The van der Waals surface area contributed by atoms with Crippen LogP contribution in [0.4, 0.5) is 0 Å². The maximum absolute atomic E-state index is 5.75. The third-order valence-corrected chi connectivity index (χ3v) is 4.71. The lowest BCUT2D eigenvalue weighted by Gasteiger charge is -2.26. The fraction of sp³-hybridized carbons (Fsp3) is 0.300. The van der Waals surface area contributed by atoms with E-state index >= 15 is 0 Å². The van der Waals surface area contributed by atoms with E-state index in [1.807, 2.05) is 10.7 Å². The average molecular weight is 334 g/mol. The number of fused-ring (bicyclic) bond motifs is 1. The largest absolute Gasteiger partial charge is 0.493 e. The van der Waals surface area contributed by atoms with Crippen LogP contribution in [-0.4, -0.2) is 27.9 Å². The molecule has 1 aromatic heterocycles. The molecule has 0 bridgehead atoms. The summed E-state index contributed by atoms with van der Waals surface area (Å²) in [5, 5.41) is 7.83. The normalized spacial score (nSPS) is 16.2. The lowest BCUT2D eigenvalue weighted by atomic mass is 9.93. The van der Waals surface area contributed by atoms with Gasteiger partial charge >= 0.3 is 0 Å². The summed E-state index contributed by atoms with van der Waals surface area (Å²) in [6, 6.07) is 16.9. The van der Waals surface area contributed by atoms with Crippen LogP contribution in [0.2, 0.25) is 0 Å². The van der Waals surface area contributed by atoms with E-state index in [0.29, 0.717) is 5.92 Å². The molecule has 0 spiro atoms. The number of nitrogens with zero attached hydrogens (tertiary/aromatic N) is 3. The molecule has 5 nitrogen and oxygen atoms in total. The molecule has 1 N–H and O–H groups in total. The Bertz CT molecular complexity index is 816. The van der Waals surface area contributed by atoms with Crippen molar-refractivity contribution in [3.63, 3.8) is 0 Å². The van der Waals surface area contributed by atoms with Gasteiger partial charge in [-0.15, -0.1) is 0 Å². The first kappa shape index (κ1) is 15.8. The first-order valence-corrected chi connectivity index (χ1v) is 8.72. The molecular formula is C20H22N4O. The lowest BCUT2D eigenvalue weighted by molar-refractivity contribution is 0.264. The summed E-state index contributed by atoms with van der Waals surface area (Å²) in [5.41, 5.74) is 3.89. The first-order chi connectivity index (χ1) is 12.4. The van der Waals surface area contributed by atoms with E-state index in [9.17, 15) is 0 Å². The molecule has 1 aliphatic heterocycles. The van der Waals surface area contributed by atoms with Crippen LogP contribution in [0.3, 0.4) is 0 Å². The number of hydrogen-bond donors (Lipinski definition) is 1. The molecular weight excluding hydrogens is 312 g/mol. The summed E-state index contributed by atoms with van der Waals surface area (Å²) in [4.78, 5) is 4.02. The molecule has 4 rings (SSSR count). The fourth-order valence-corrected chi connectivity index (χ4v) is 3.38. The molecule has 1 atom stereocenters. The number of rotatable bonds is 6. The second kappa shape index (κ2) is 7.49. The number of benzene rings is 2. The van der Waals surface area contributed by atoms with Gasteiger partial charge in [-0.3, -0.25) is 0 Å². The second-order valence-electron chi connectivity index (χ2n) is 6.36. The van der Waals surface area contributed by atoms with Crippen LogP contribution in [0.15, 0.2) is 61.2 Å². The summed E-state index contributed by atoms with van der Waals surface area (Å²) in [6.45, 7) is 3.35. The van der Waals surface area contributed by atoms with Crippen LogP contribution in [0.5, 0.6) is 5.75 Å². The van der Waals surface area contributed by atoms with Crippen molar-refractivity contribution < 1.29 is 4.74 Å². The van der Waals surface area contributed by atoms with Crippen molar-refractivity contribution in [1.82, 2.24) is 20.1 Å². The van der Waals surface area contributed by atoms with Gasteiger partial charge in [0.05, 0.1) is 13.2 Å². The first-order valence-electron chi connectivity index (χ1n) is 8.72. The minimum Gasteiger partial charge on any atom is -0.493 e. The average Bonchev–Trinajstić information content (AvgIpc) is 3.16. The van der Waals surface area contributed by atoms with Crippen LogP contribution in [0, 0.1) is 0 Å². The zero-order chi connectivity index (χ0) is 16.9. The summed E-state index contributed by atoms with van der Waals surface area (Å²) in [5.74, 6) is 1.54. The van der Waals surface area contributed by atoms with Crippen molar-refractivity contribution in [2.45, 2.75) is 25.4 Å². The molecule has 0 saturated heterocycles. The quantitative estimate of drug-likeness (QED) is 0.753. The van der Waals surface area contributed by atoms with Crippen LogP contribution < -0.4 is 10.1 Å². The third kappa shape index (κ3) is 3.72. The summed E-state index contributed by atoms with van der Waals surface area (Å²) in [7, 11) is 0. The Balaban J connectivity index is 1.40. The molecule has 5 heteroatoms. The summed E-state index contributed by atoms with van der Waals surface area (Å²) >= 11 is 0. The topological polar surface area (TPSA) is 52.0 Å². The summed E-state index contributed by atoms with van der Waals surface area (Å²) < 4.78 is 7.61. The van der Waals surface area contributed by atoms with Crippen LogP contribution in [0.1, 0.15) is 29.0 Å². The third-order valence-electron chi connectivity index (χ3n) is 4.71. The van der Waals surface area contributed by atoms with Crippen molar-refractivity contribution >= 4 is 0 Å². The maximum Gasteiger partial charge on any atom is 0.137 e. The monoisotopic (exact) mass is 334 g/mol. The number of para-hydroxylation sites is 1. The number of ether oxygens (including phenoxy) is 1. The highest BCUT2D eigenvalue weighted by Crippen LogP contribution is 2.32. The van der Waals surface area contributed by atoms with Gasteiger partial charge in [-0.25, -0.2) is 9.67 Å². The predicted octanol–water partition coefficient (Wildman–Crippen LogP) is 2.98. The van der Waals surface area contributed by atoms with Gasteiger partial charge in [-0.1, -0.05) is 42.5 Å². The molecule has 25 heavy (non-hydrogen) atoms. The van der Waals surface area contributed by atoms with Crippen molar-refractivity contribution in [3.05, 3.63) is 77.9 Å². The number of nitrogens with one attached hydrogen (secondary N) is 1. The number of hydrogen-bond acceptors (Lipinski definition) is 4. The van der Waals surface area contributed by atoms with Gasteiger partial charge in [-0.05, 0) is 29.2 Å². The van der Waals surface area contributed by atoms with E-state index in [-0.39, 0.29) is 0 Å². The second-order valence-corrected chi connectivity index (χ2v) is 6.36. The Morgan fingerprint density at radius 1 is 1.08 bits per heavy atom. The Kier molecular flexibility index (Phi) is 4.74. The predicted molar refractivity (Wildman–Crippen MR) is 96.6 cm³/mol. The Labute approximate surface area is 147 Å². The lowest BCUT2D eigenvalue weighted by Crippen LogP contribution is -2.26. The van der Waals surface area contributed by atoms with Gasteiger partial charge in [0.15, 0.2) is 0 Å². The summed E-state index contributed by atoms with van der Waals surface area (Å²) in [6.07, 6.45) is 4.39. The molecule has 2 heterocycles. The highest BCUT2D eigenvalue weighted by atomic mass is 16.5. The molecule has 1 unspecified atom stereocenters. The van der Waals surface area contributed by atoms with Gasteiger partial charge in [0.25, 0.3) is 0 Å². The minimum absolute atomic E-state index is 0.507. The van der Waals surface area contributed by atoms with Gasteiger partial charge in [0.2, 0.25) is 0 Å². The van der Waals surface area contributed by atoms with Crippen molar-refractivity contribution in [3.8, 4) is 5.75 Å². The van der Waals surface area contributed by atoms with E-state index < -0.39 is 0 Å². The minimum atomic E-state index is 0.507. The standard InChI is InChI=1S/C20H22N4O/c1-2-6-18(13-24-15-22-14-23-24)16(5-1)11-21-12-17-9-10-25-20-8-4-3-7-19(17)20/h1-8,14-15,17,21H,9-13H2. The van der Waals surface area contributed by atoms with E-state index in [1.54, 1.807) is 12.7 Å². The SMILES string of the molecule is c1ccc(Cn2cncn2)c(CNCC2CCOc3ccccc32)c1. The smallest absolute Gasteiger partial charge is 0.137 e.